The zero-order chi connectivity index (χ0) is 25.1. The minimum absolute atomic E-state index is 0.0466. The second kappa shape index (κ2) is 7.20. The fraction of sp³-hybridized carbons (Fsp3) is 0.828. The molecule has 5 rings (SSSR count). The Morgan fingerprint density at radius 2 is 1.74 bits per heavy atom. The lowest BCUT2D eigenvalue weighted by Crippen LogP contribution is -2.67. The van der Waals surface area contributed by atoms with Crippen molar-refractivity contribution in [2.75, 3.05) is 0 Å². The average Bonchev–Trinajstić information content (AvgIpc) is 2.75. The number of aliphatic hydroxyl groups excluding tert-OH is 2. The summed E-state index contributed by atoms with van der Waals surface area (Å²) in [6, 6.07) is 0. The molecule has 0 aromatic carbocycles. The van der Waals surface area contributed by atoms with Crippen molar-refractivity contribution in [1.29, 1.82) is 0 Å². The molecule has 0 aromatic rings. The maximum absolute atomic E-state index is 12.8. The highest BCUT2D eigenvalue weighted by atomic mass is 16.4. The van der Waals surface area contributed by atoms with Gasteiger partial charge in [0.2, 0.25) is 0 Å². The summed E-state index contributed by atoms with van der Waals surface area (Å²) < 4.78 is 0. The number of carbonyl (C=O) groups is 1. The quantitative estimate of drug-likeness (QED) is 0.415. The van der Waals surface area contributed by atoms with Gasteiger partial charge in [-0.25, -0.2) is 0 Å². The van der Waals surface area contributed by atoms with Gasteiger partial charge in [-0.05, 0) is 97.9 Å². The molecule has 4 N–H and O–H groups in total. The molecule has 190 valence electrons. The highest BCUT2D eigenvalue weighted by Gasteiger charge is 2.70. The molecule has 5 heteroatoms. The number of allylic oxidation sites excluding steroid dienone is 1. The highest BCUT2D eigenvalue weighted by Crippen LogP contribution is 2.75. The molecule has 0 saturated heterocycles. The Bertz CT molecular complexity index is 952. The summed E-state index contributed by atoms with van der Waals surface area (Å²) in [5.74, 6) is -0.602. The number of fused-ring (bicyclic) bond motifs is 7. The first-order valence-corrected chi connectivity index (χ1v) is 13.4. The van der Waals surface area contributed by atoms with Gasteiger partial charge < -0.3 is 20.4 Å². The summed E-state index contributed by atoms with van der Waals surface area (Å²) in [5, 5.41) is 43.6. The van der Waals surface area contributed by atoms with Crippen LogP contribution in [0.15, 0.2) is 23.8 Å². The molecule has 0 bridgehead atoms. The van der Waals surface area contributed by atoms with Crippen LogP contribution in [0.4, 0.5) is 0 Å². The predicted octanol–water partition coefficient (Wildman–Crippen LogP) is 4.71. The molecule has 4 saturated carbocycles. The summed E-state index contributed by atoms with van der Waals surface area (Å²) in [5.41, 5.74) is -0.464. The van der Waals surface area contributed by atoms with Gasteiger partial charge in [0.15, 0.2) is 0 Å². The van der Waals surface area contributed by atoms with Gasteiger partial charge in [0.05, 0.1) is 17.1 Å². The number of carboxylic acid groups (broad SMARTS) is 1. The van der Waals surface area contributed by atoms with E-state index in [-0.39, 0.29) is 34.0 Å². The maximum Gasteiger partial charge on any atom is 0.310 e. The summed E-state index contributed by atoms with van der Waals surface area (Å²) in [7, 11) is 0. The van der Waals surface area contributed by atoms with Crippen LogP contribution in [0.2, 0.25) is 0 Å². The molecule has 4 fully saturated rings. The van der Waals surface area contributed by atoms with Gasteiger partial charge in [0, 0.05) is 5.92 Å². The first-order chi connectivity index (χ1) is 15.7. The molecule has 0 aromatic heterocycles. The van der Waals surface area contributed by atoms with Crippen LogP contribution in [0.3, 0.4) is 0 Å². The first kappa shape index (κ1) is 24.5. The number of aliphatic hydroxyl groups is 3. The average molecular weight is 473 g/mol. The van der Waals surface area contributed by atoms with Crippen LogP contribution in [0.25, 0.3) is 0 Å². The Labute approximate surface area is 204 Å². The second-order valence-electron chi connectivity index (χ2n) is 13.6. The largest absolute Gasteiger partial charge is 0.481 e. The zero-order valence-electron chi connectivity index (χ0n) is 21.6. The van der Waals surface area contributed by atoms with Crippen LogP contribution >= 0.6 is 0 Å². The van der Waals surface area contributed by atoms with Crippen LogP contribution in [-0.4, -0.2) is 44.2 Å². The third kappa shape index (κ3) is 2.70. The molecule has 0 radical (unpaired) electrons. The highest BCUT2D eigenvalue weighted by molar-refractivity contribution is 5.77. The second-order valence-corrected chi connectivity index (χ2v) is 13.6. The van der Waals surface area contributed by atoms with Crippen LogP contribution in [0, 0.1) is 45.3 Å². The van der Waals surface area contributed by atoms with Crippen molar-refractivity contribution in [2.45, 2.75) is 104 Å². The van der Waals surface area contributed by atoms with E-state index in [1.54, 1.807) is 0 Å². The SMILES string of the molecule is C=C1C(O)C(O)CC2(C)C1CCC1(C)C2CC=C2C3C(C(=O)O)(CCC(C)C3(C)O)CCC21C. The Morgan fingerprint density at radius 1 is 1.06 bits per heavy atom. The van der Waals surface area contributed by atoms with Crippen molar-refractivity contribution in [2.24, 2.45) is 45.3 Å². The van der Waals surface area contributed by atoms with Crippen molar-refractivity contribution in [3.8, 4) is 0 Å². The van der Waals surface area contributed by atoms with Crippen molar-refractivity contribution < 1.29 is 25.2 Å². The van der Waals surface area contributed by atoms with Crippen molar-refractivity contribution in [3.63, 3.8) is 0 Å². The van der Waals surface area contributed by atoms with E-state index in [0.29, 0.717) is 25.2 Å². The van der Waals surface area contributed by atoms with Crippen molar-refractivity contribution in [1.82, 2.24) is 0 Å². The van der Waals surface area contributed by atoms with E-state index in [4.69, 9.17) is 0 Å². The molecule has 11 atom stereocenters. The standard InChI is InChI=1S/C29H44O5/c1-16-9-12-29(24(32)33)14-13-26(4)19(23(29)28(16,6)34)7-8-21-25(3)15-20(30)22(31)17(2)18(25)10-11-27(21,26)5/h7,16,18,20-23,30-31,34H,2,8-15H2,1,3-6H3,(H,32,33). The van der Waals surface area contributed by atoms with Crippen LogP contribution < -0.4 is 0 Å². The summed E-state index contributed by atoms with van der Waals surface area (Å²) in [6.45, 7) is 15.2. The molecular formula is C29H44O5. The number of aliphatic carboxylic acids is 1. The molecule has 5 aliphatic rings. The Kier molecular flexibility index (Phi) is 5.19. The van der Waals surface area contributed by atoms with E-state index >= 15 is 0 Å². The predicted molar refractivity (Wildman–Crippen MR) is 131 cm³/mol. The Balaban J connectivity index is 1.64. The van der Waals surface area contributed by atoms with Gasteiger partial charge in [-0.3, -0.25) is 4.79 Å². The summed E-state index contributed by atoms with van der Waals surface area (Å²) in [4.78, 5) is 12.8. The third-order valence-corrected chi connectivity index (χ3v) is 12.6. The van der Waals surface area contributed by atoms with E-state index in [1.807, 2.05) is 6.92 Å². The summed E-state index contributed by atoms with van der Waals surface area (Å²) in [6.07, 6.45) is 6.73. The molecule has 34 heavy (non-hydrogen) atoms. The van der Waals surface area contributed by atoms with Gasteiger partial charge in [0.25, 0.3) is 0 Å². The van der Waals surface area contributed by atoms with Crippen LogP contribution in [-0.2, 0) is 4.79 Å². The van der Waals surface area contributed by atoms with E-state index < -0.39 is 29.2 Å². The molecule has 11 unspecified atom stereocenters. The molecule has 0 spiro atoms. The topological polar surface area (TPSA) is 98.0 Å². The lowest BCUT2D eigenvalue weighted by Gasteiger charge is -2.70. The third-order valence-electron chi connectivity index (χ3n) is 12.6. The number of carboxylic acids is 1. The molecule has 0 amide bonds. The molecule has 5 aliphatic carbocycles. The first-order valence-electron chi connectivity index (χ1n) is 13.4. The monoisotopic (exact) mass is 472 g/mol. The Morgan fingerprint density at radius 3 is 2.38 bits per heavy atom. The van der Waals surface area contributed by atoms with Gasteiger partial charge in [-0.1, -0.05) is 45.9 Å². The number of rotatable bonds is 1. The lowest BCUT2D eigenvalue weighted by atomic mass is 9.34. The molecule has 5 nitrogen and oxygen atoms in total. The van der Waals surface area contributed by atoms with Gasteiger partial charge >= 0.3 is 5.97 Å². The zero-order valence-corrected chi connectivity index (χ0v) is 21.6. The minimum atomic E-state index is -1.06. The van der Waals surface area contributed by atoms with Gasteiger partial charge in [-0.15, -0.1) is 0 Å². The van der Waals surface area contributed by atoms with E-state index in [2.05, 4.69) is 40.3 Å². The van der Waals surface area contributed by atoms with Crippen LogP contribution in [0.5, 0.6) is 0 Å². The fourth-order valence-corrected chi connectivity index (χ4v) is 10.1. The lowest BCUT2D eigenvalue weighted by molar-refractivity contribution is -0.202. The molecular weight excluding hydrogens is 428 g/mol. The van der Waals surface area contributed by atoms with Gasteiger partial charge in [0.1, 0.15) is 6.10 Å². The normalized spacial score (nSPS) is 56.9. The number of hydrogen-bond acceptors (Lipinski definition) is 4. The minimum Gasteiger partial charge on any atom is -0.481 e. The summed E-state index contributed by atoms with van der Waals surface area (Å²) >= 11 is 0. The van der Waals surface area contributed by atoms with E-state index in [0.717, 1.165) is 37.7 Å². The van der Waals surface area contributed by atoms with Crippen molar-refractivity contribution in [3.05, 3.63) is 23.8 Å². The van der Waals surface area contributed by atoms with E-state index in [1.165, 1.54) is 5.57 Å². The van der Waals surface area contributed by atoms with Crippen LogP contribution in [0.1, 0.15) is 86.0 Å². The molecule has 0 heterocycles. The van der Waals surface area contributed by atoms with Crippen molar-refractivity contribution >= 4 is 5.97 Å². The molecule has 0 aliphatic heterocycles. The fourth-order valence-electron chi connectivity index (χ4n) is 10.1. The van der Waals surface area contributed by atoms with E-state index in [9.17, 15) is 25.2 Å². The Hall–Kier alpha value is -1.17. The number of hydrogen-bond donors (Lipinski definition) is 4. The van der Waals surface area contributed by atoms with Gasteiger partial charge in [-0.2, -0.15) is 0 Å². The smallest absolute Gasteiger partial charge is 0.310 e. The maximum atomic E-state index is 12.8.